The Kier molecular flexibility index (Phi) is 2.53. The lowest BCUT2D eigenvalue weighted by molar-refractivity contribution is 0.00640. The van der Waals surface area contributed by atoms with Crippen LogP contribution in [-0.4, -0.2) is 23.2 Å². The Morgan fingerprint density at radius 2 is 2.55 bits per heavy atom. The van der Waals surface area contributed by atoms with Crippen LogP contribution in [0.5, 0.6) is 0 Å². The van der Waals surface area contributed by atoms with E-state index in [1.165, 1.54) is 11.5 Å². The molecule has 11 heavy (non-hydrogen) atoms. The minimum atomic E-state index is -0.479. The van der Waals surface area contributed by atoms with Crippen molar-refractivity contribution in [3.8, 4) is 0 Å². The molecule has 1 unspecified atom stereocenters. The van der Waals surface area contributed by atoms with Crippen LogP contribution in [-0.2, 0) is 10.3 Å². The second-order valence-electron chi connectivity index (χ2n) is 2.43. The zero-order chi connectivity index (χ0) is 8.32. The van der Waals surface area contributed by atoms with E-state index in [1.54, 1.807) is 7.11 Å². The van der Waals surface area contributed by atoms with Crippen LogP contribution in [0, 0.1) is 0 Å². The summed E-state index contributed by atoms with van der Waals surface area (Å²) in [4.78, 5) is 0. The fraction of sp³-hybridized carbons (Fsp3) is 0.667. The molecule has 0 aliphatic carbocycles. The third kappa shape index (κ3) is 1.55. The van der Waals surface area contributed by atoms with E-state index in [-0.39, 0.29) is 0 Å². The monoisotopic (exact) mass is 173 g/mol. The first-order valence-electron chi connectivity index (χ1n) is 3.25. The minimum Gasteiger partial charge on any atom is -0.371 e. The van der Waals surface area contributed by atoms with E-state index < -0.39 is 5.60 Å². The van der Waals surface area contributed by atoms with Crippen molar-refractivity contribution in [2.45, 2.75) is 12.5 Å². The van der Waals surface area contributed by atoms with Crippen molar-refractivity contribution >= 4 is 11.5 Å². The summed E-state index contributed by atoms with van der Waals surface area (Å²) < 4.78 is 8.95. The largest absolute Gasteiger partial charge is 0.371 e. The predicted octanol–water partition coefficient (Wildman–Crippen LogP) is 0.358. The van der Waals surface area contributed by atoms with Gasteiger partial charge < -0.3 is 10.5 Å². The number of ether oxygens (including phenoxy) is 1. The summed E-state index contributed by atoms with van der Waals surface area (Å²) in [6.07, 6.45) is 0. The van der Waals surface area contributed by atoms with Gasteiger partial charge in [0.25, 0.3) is 0 Å². The first-order valence-corrected chi connectivity index (χ1v) is 4.09. The van der Waals surface area contributed by atoms with E-state index >= 15 is 0 Å². The van der Waals surface area contributed by atoms with E-state index in [9.17, 15) is 0 Å². The van der Waals surface area contributed by atoms with Gasteiger partial charge in [-0.25, -0.2) is 0 Å². The van der Waals surface area contributed by atoms with Gasteiger partial charge in [0.05, 0.1) is 0 Å². The molecule has 1 heterocycles. The van der Waals surface area contributed by atoms with Gasteiger partial charge in [-0.15, -0.1) is 5.10 Å². The van der Waals surface area contributed by atoms with Gasteiger partial charge in [-0.2, -0.15) is 0 Å². The molecule has 4 nitrogen and oxygen atoms in total. The molecule has 0 spiro atoms. The number of aromatic nitrogens is 2. The molecular weight excluding hydrogens is 162 g/mol. The molecular formula is C6H11N3OS. The molecule has 0 bridgehead atoms. The summed E-state index contributed by atoms with van der Waals surface area (Å²) in [7, 11) is 1.62. The Morgan fingerprint density at radius 3 is 2.91 bits per heavy atom. The van der Waals surface area contributed by atoms with Crippen molar-refractivity contribution in [1.29, 1.82) is 0 Å². The highest BCUT2D eigenvalue weighted by atomic mass is 32.1. The van der Waals surface area contributed by atoms with Gasteiger partial charge in [-0.3, -0.25) is 0 Å². The van der Waals surface area contributed by atoms with E-state index in [0.29, 0.717) is 6.54 Å². The number of rotatable bonds is 3. The maximum atomic E-state index is 5.52. The van der Waals surface area contributed by atoms with E-state index in [0.717, 1.165) is 5.69 Å². The zero-order valence-electron chi connectivity index (χ0n) is 6.57. The molecule has 2 N–H and O–H groups in total. The molecule has 1 aromatic heterocycles. The van der Waals surface area contributed by atoms with Crippen LogP contribution in [0.2, 0.25) is 0 Å². The Morgan fingerprint density at radius 1 is 1.82 bits per heavy atom. The molecule has 1 atom stereocenters. The SMILES string of the molecule is COC(C)(CN)c1csnn1. The summed E-state index contributed by atoms with van der Waals surface area (Å²) in [5.74, 6) is 0. The summed E-state index contributed by atoms with van der Waals surface area (Å²) in [6, 6.07) is 0. The lowest BCUT2D eigenvalue weighted by atomic mass is 10.0. The highest BCUT2D eigenvalue weighted by Gasteiger charge is 2.26. The topological polar surface area (TPSA) is 61.0 Å². The third-order valence-corrected chi connectivity index (χ3v) is 2.25. The van der Waals surface area contributed by atoms with Crippen LogP contribution >= 0.6 is 11.5 Å². The minimum absolute atomic E-state index is 0.412. The average molecular weight is 173 g/mol. The summed E-state index contributed by atoms with van der Waals surface area (Å²) in [5, 5.41) is 5.74. The van der Waals surface area contributed by atoms with Gasteiger partial charge in [-0.1, -0.05) is 4.49 Å². The van der Waals surface area contributed by atoms with Crippen molar-refractivity contribution in [2.75, 3.05) is 13.7 Å². The Labute approximate surface area is 69.5 Å². The molecule has 0 aliphatic rings. The zero-order valence-corrected chi connectivity index (χ0v) is 7.39. The highest BCUT2D eigenvalue weighted by Crippen LogP contribution is 2.21. The molecule has 0 aliphatic heterocycles. The Balaban J connectivity index is 2.87. The molecule has 0 aromatic carbocycles. The highest BCUT2D eigenvalue weighted by molar-refractivity contribution is 7.03. The molecule has 62 valence electrons. The molecule has 5 heteroatoms. The first kappa shape index (κ1) is 8.58. The van der Waals surface area contributed by atoms with Gasteiger partial charge >= 0.3 is 0 Å². The maximum absolute atomic E-state index is 5.52. The van der Waals surface area contributed by atoms with E-state index in [2.05, 4.69) is 9.59 Å². The first-order chi connectivity index (χ1) is 5.23. The maximum Gasteiger partial charge on any atom is 0.122 e. The Hall–Kier alpha value is -0.520. The van der Waals surface area contributed by atoms with Gasteiger partial charge in [0.1, 0.15) is 11.3 Å². The van der Waals surface area contributed by atoms with Gasteiger partial charge in [-0.05, 0) is 18.5 Å². The van der Waals surface area contributed by atoms with Crippen LogP contribution in [0.25, 0.3) is 0 Å². The van der Waals surface area contributed by atoms with Crippen molar-refractivity contribution in [3.05, 3.63) is 11.1 Å². The van der Waals surface area contributed by atoms with Crippen molar-refractivity contribution < 1.29 is 4.74 Å². The Bertz CT molecular complexity index is 208. The number of nitrogens with two attached hydrogens (primary N) is 1. The molecule has 0 saturated carbocycles. The van der Waals surface area contributed by atoms with E-state index in [1.807, 2.05) is 12.3 Å². The van der Waals surface area contributed by atoms with Crippen LogP contribution in [0.3, 0.4) is 0 Å². The van der Waals surface area contributed by atoms with Crippen LogP contribution < -0.4 is 5.73 Å². The predicted molar refractivity (Wildman–Crippen MR) is 43.3 cm³/mol. The third-order valence-electron chi connectivity index (χ3n) is 1.74. The normalized spacial score (nSPS) is 16.3. The van der Waals surface area contributed by atoms with Crippen LogP contribution in [0.4, 0.5) is 0 Å². The van der Waals surface area contributed by atoms with Crippen molar-refractivity contribution in [1.82, 2.24) is 9.59 Å². The number of hydrogen-bond donors (Lipinski definition) is 1. The molecule has 0 fully saturated rings. The fourth-order valence-corrected chi connectivity index (χ4v) is 1.27. The summed E-state index contributed by atoms with van der Waals surface area (Å²) >= 11 is 1.30. The van der Waals surface area contributed by atoms with Crippen molar-refractivity contribution in [3.63, 3.8) is 0 Å². The second kappa shape index (κ2) is 3.25. The summed E-state index contributed by atoms with van der Waals surface area (Å²) in [5.41, 5.74) is 5.84. The average Bonchev–Trinajstić information content (AvgIpc) is 2.55. The van der Waals surface area contributed by atoms with Crippen LogP contribution in [0.1, 0.15) is 12.6 Å². The summed E-state index contributed by atoms with van der Waals surface area (Å²) in [6.45, 7) is 2.30. The fourth-order valence-electron chi connectivity index (χ4n) is 0.688. The van der Waals surface area contributed by atoms with Crippen molar-refractivity contribution in [2.24, 2.45) is 5.73 Å². The molecule has 0 radical (unpaired) electrons. The van der Waals surface area contributed by atoms with Gasteiger partial charge in [0, 0.05) is 19.0 Å². The standard InChI is InChI=1S/C6H11N3OS/c1-6(4-7,10-2)5-3-11-9-8-5/h3H,4,7H2,1-2H3. The smallest absolute Gasteiger partial charge is 0.122 e. The quantitative estimate of drug-likeness (QED) is 0.717. The number of methoxy groups -OCH3 is 1. The van der Waals surface area contributed by atoms with Gasteiger partial charge in [0.15, 0.2) is 0 Å². The molecule has 1 aromatic rings. The lowest BCUT2D eigenvalue weighted by Crippen LogP contribution is -2.34. The number of nitrogens with zero attached hydrogens (tertiary/aromatic N) is 2. The molecule has 1 rings (SSSR count). The van der Waals surface area contributed by atoms with Crippen LogP contribution in [0.15, 0.2) is 5.38 Å². The number of hydrogen-bond acceptors (Lipinski definition) is 5. The molecule has 0 amide bonds. The van der Waals surface area contributed by atoms with E-state index in [4.69, 9.17) is 10.5 Å². The van der Waals surface area contributed by atoms with Gasteiger partial charge in [0.2, 0.25) is 0 Å². The molecule has 0 saturated heterocycles. The second-order valence-corrected chi connectivity index (χ2v) is 3.04. The lowest BCUT2D eigenvalue weighted by Gasteiger charge is -2.22.